The van der Waals surface area contributed by atoms with Crippen molar-refractivity contribution in [2.24, 2.45) is 0 Å². The van der Waals surface area contributed by atoms with Gasteiger partial charge in [-0.15, -0.1) is 0 Å². The standard InChI is InChI=1S/C12H13F5N2/c13-8-6-10(15)9(14)5-7(8)11(12(16)17)19-3-1-18-2-4-19/h5-6,11-12,18H,1-4H2/t11-/m1/s1. The quantitative estimate of drug-likeness (QED) is 0.675. The van der Waals surface area contributed by atoms with Gasteiger partial charge in [0.1, 0.15) is 5.82 Å². The third-order valence-electron chi connectivity index (χ3n) is 3.14. The van der Waals surface area contributed by atoms with Crippen LogP contribution in [-0.4, -0.2) is 37.5 Å². The molecular weight excluding hydrogens is 267 g/mol. The Bertz CT molecular complexity index is 446. The van der Waals surface area contributed by atoms with Crippen LogP contribution in [0.1, 0.15) is 11.6 Å². The topological polar surface area (TPSA) is 15.3 Å². The Hall–Kier alpha value is -1.21. The van der Waals surface area contributed by atoms with Crippen molar-refractivity contribution in [2.45, 2.75) is 12.5 Å². The molecule has 1 aromatic carbocycles. The van der Waals surface area contributed by atoms with Gasteiger partial charge in [0.05, 0.1) is 6.04 Å². The Kier molecular flexibility index (Phi) is 4.36. The van der Waals surface area contributed by atoms with Crippen LogP contribution >= 0.6 is 0 Å². The van der Waals surface area contributed by atoms with Gasteiger partial charge in [-0.3, -0.25) is 4.90 Å². The van der Waals surface area contributed by atoms with Gasteiger partial charge < -0.3 is 5.32 Å². The molecule has 0 saturated carbocycles. The molecule has 1 atom stereocenters. The highest BCUT2D eigenvalue weighted by Crippen LogP contribution is 2.30. The van der Waals surface area contributed by atoms with Gasteiger partial charge in [-0.1, -0.05) is 0 Å². The maximum atomic E-state index is 13.6. The summed E-state index contributed by atoms with van der Waals surface area (Å²) in [5.41, 5.74) is -0.504. The third kappa shape index (κ3) is 3.03. The molecular formula is C12H13F5N2. The smallest absolute Gasteiger partial charge is 0.258 e. The molecule has 0 aliphatic carbocycles. The van der Waals surface area contributed by atoms with Crippen LogP contribution in [-0.2, 0) is 0 Å². The molecule has 0 spiro atoms. The molecule has 0 unspecified atom stereocenters. The molecule has 0 radical (unpaired) electrons. The molecule has 2 nitrogen and oxygen atoms in total. The van der Waals surface area contributed by atoms with E-state index in [4.69, 9.17) is 0 Å². The van der Waals surface area contributed by atoms with E-state index in [9.17, 15) is 22.0 Å². The first-order valence-electron chi connectivity index (χ1n) is 5.88. The number of hydrogen-bond acceptors (Lipinski definition) is 2. The molecule has 7 heteroatoms. The lowest BCUT2D eigenvalue weighted by Gasteiger charge is -2.34. The number of benzene rings is 1. The molecule has 1 fully saturated rings. The Morgan fingerprint density at radius 1 is 0.947 bits per heavy atom. The van der Waals surface area contributed by atoms with Crippen molar-refractivity contribution < 1.29 is 22.0 Å². The van der Waals surface area contributed by atoms with Crippen molar-refractivity contribution >= 4 is 0 Å². The van der Waals surface area contributed by atoms with Crippen LogP contribution in [0, 0.1) is 17.5 Å². The maximum Gasteiger partial charge on any atom is 0.258 e. The molecule has 2 rings (SSSR count). The Morgan fingerprint density at radius 2 is 1.53 bits per heavy atom. The molecule has 1 N–H and O–H groups in total. The highest BCUT2D eigenvalue weighted by atomic mass is 19.3. The van der Waals surface area contributed by atoms with Gasteiger partial charge in [0, 0.05) is 37.8 Å². The molecule has 0 amide bonds. The average molecular weight is 280 g/mol. The van der Waals surface area contributed by atoms with Crippen molar-refractivity contribution in [3.05, 3.63) is 35.1 Å². The first-order valence-corrected chi connectivity index (χ1v) is 5.88. The summed E-state index contributed by atoms with van der Waals surface area (Å²) in [7, 11) is 0. The van der Waals surface area contributed by atoms with E-state index in [0.717, 1.165) is 0 Å². The lowest BCUT2D eigenvalue weighted by Crippen LogP contribution is -2.47. The van der Waals surface area contributed by atoms with E-state index >= 15 is 0 Å². The molecule has 106 valence electrons. The summed E-state index contributed by atoms with van der Waals surface area (Å²) in [5.74, 6) is -3.85. The summed E-state index contributed by atoms with van der Waals surface area (Å²) in [6, 6.07) is -0.733. The number of halogens is 5. The highest BCUT2D eigenvalue weighted by molar-refractivity contribution is 5.24. The molecule has 1 saturated heterocycles. The maximum absolute atomic E-state index is 13.6. The minimum Gasteiger partial charge on any atom is -0.314 e. The van der Waals surface area contributed by atoms with Gasteiger partial charge in [0.2, 0.25) is 0 Å². The summed E-state index contributed by atoms with van der Waals surface area (Å²) < 4.78 is 65.9. The number of hydrogen-bond donors (Lipinski definition) is 1. The molecule has 19 heavy (non-hydrogen) atoms. The zero-order valence-corrected chi connectivity index (χ0v) is 9.97. The molecule has 1 aromatic rings. The normalized spacial score (nSPS) is 18.8. The minimum atomic E-state index is -2.88. The van der Waals surface area contributed by atoms with E-state index in [2.05, 4.69) is 5.32 Å². The van der Waals surface area contributed by atoms with Gasteiger partial charge in [0.25, 0.3) is 6.43 Å². The summed E-state index contributed by atoms with van der Waals surface area (Å²) in [4.78, 5) is 1.37. The predicted octanol–water partition coefficient (Wildman–Crippen LogP) is 2.32. The Labute approximate surface area is 107 Å². The lowest BCUT2D eigenvalue weighted by atomic mass is 10.0. The van der Waals surface area contributed by atoms with E-state index in [0.29, 0.717) is 38.3 Å². The summed E-state index contributed by atoms with van der Waals surface area (Å²) in [6.07, 6.45) is -2.88. The fourth-order valence-electron chi connectivity index (χ4n) is 2.22. The van der Waals surface area contributed by atoms with Crippen LogP contribution in [0.2, 0.25) is 0 Å². The zero-order valence-electron chi connectivity index (χ0n) is 9.97. The number of alkyl halides is 2. The van der Waals surface area contributed by atoms with Crippen LogP contribution in [0.25, 0.3) is 0 Å². The second kappa shape index (κ2) is 5.83. The lowest BCUT2D eigenvalue weighted by molar-refractivity contribution is 0.0162. The minimum absolute atomic E-state index is 0.299. The highest BCUT2D eigenvalue weighted by Gasteiger charge is 2.33. The van der Waals surface area contributed by atoms with E-state index in [-0.39, 0.29) is 0 Å². The summed E-state index contributed by atoms with van der Waals surface area (Å²) >= 11 is 0. The van der Waals surface area contributed by atoms with Gasteiger partial charge in [-0.2, -0.15) is 0 Å². The molecule has 0 bridgehead atoms. The Balaban J connectivity index is 2.35. The second-order valence-corrected chi connectivity index (χ2v) is 4.35. The van der Waals surface area contributed by atoms with Crippen molar-refractivity contribution in [1.82, 2.24) is 10.2 Å². The first kappa shape index (κ1) is 14.2. The van der Waals surface area contributed by atoms with Crippen LogP contribution < -0.4 is 5.32 Å². The number of nitrogens with one attached hydrogen (secondary N) is 1. The summed E-state index contributed by atoms with van der Waals surface area (Å²) in [6.45, 7) is 1.59. The van der Waals surface area contributed by atoms with Gasteiger partial charge in [-0.05, 0) is 6.07 Å². The average Bonchev–Trinajstić information content (AvgIpc) is 2.37. The number of piperazine rings is 1. The summed E-state index contributed by atoms with van der Waals surface area (Å²) in [5, 5.41) is 2.98. The van der Waals surface area contributed by atoms with Crippen LogP contribution in [0.5, 0.6) is 0 Å². The van der Waals surface area contributed by atoms with Gasteiger partial charge in [0.15, 0.2) is 11.6 Å². The van der Waals surface area contributed by atoms with Crippen molar-refractivity contribution in [2.75, 3.05) is 26.2 Å². The number of rotatable bonds is 3. The molecule has 0 aromatic heterocycles. The van der Waals surface area contributed by atoms with Gasteiger partial charge in [-0.25, -0.2) is 22.0 Å². The van der Waals surface area contributed by atoms with E-state index in [1.165, 1.54) is 4.90 Å². The van der Waals surface area contributed by atoms with Crippen LogP contribution in [0.4, 0.5) is 22.0 Å². The molecule has 1 aliphatic rings. The van der Waals surface area contributed by atoms with Crippen molar-refractivity contribution in [1.29, 1.82) is 0 Å². The zero-order chi connectivity index (χ0) is 14.0. The fraction of sp³-hybridized carbons (Fsp3) is 0.500. The molecule has 1 aliphatic heterocycles. The van der Waals surface area contributed by atoms with E-state index in [1.807, 2.05) is 0 Å². The predicted molar refractivity (Wildman–Crippen MR) is 59.5 cm³/mol. The largest absolute Gasteiger partial charge is 0.314 e. The van der Waals surface area contributed by atoms with E-state index in [1.54, 1.807) is 0 Å². The van der Waals surface area contributed by atoms with Gasteiger partial charge >= 0.3 is 0 Å². The Morgan fingerprint density at radius 3 is 2.11 bits per heavy atom. The number of nitrogens with zero attached hydrogens (tertiary/aromatic N) is 1. The third-order valence-corrected chi connectivity index (χ3v) is 3.14. The van der Waals surface area contributed by atoms with Crippen LogP contribution in [0.3, 0.4) is 0 Å². The molecule has 1 heterocycles. The van der Waals surface area contributed by atoms with Crippen LogP contribution in [0.15, 0.2) is 12.1 Å². The van der Waals surface area contributed by atoms with E-state index < -0.39 is 35.5 Å². The fourth-order valence-corrected chi connectivity index (χ4v) is 2.22. The van der Waals surface area contributed by atoms with Crippen molar-refractivity contribution in [3.8, 4) is 0 Å². The van der Waals surface area contributed by atoms with Crippen molar-refractivity contribution in [3.63, 3.8) is 0 Å². The second-order valence-electron chi connectivity index (χ2n) is 4.35. The SMILES string of the molecule is Fc1cc(F)c([C@H](C(F)F)N2CCNCC2)cc1F. The monoisotopic (exact) mass is 280 g/mol. The first-order chi connectivity index (χ1) is 9.00.